The Kier molecular flexibility index (Phi) is 5.94. The Balaban J connectivity index is 1.86. The highest BCUT2D eigenvalue weighted by Crippen LogP contribution is 2.35. The molecule has 0 bridgehead atoms. The standard InChI is InChI=1S/C15H18Cl3N3/c1-9-11(8-20-21-9)4-3-7-19-10(2)12-5-6-13(16)15(18)14(12)17/h5-6,8,10,19H,3-4,7H2,1-2H3,(H,20,21). The van der Waals surface area contributed by atoms with Crippen LogP contribution in [0.5, 0.6) is 0 Å². The summed E-state index contributed by atoms with van der Waals surface area (Å²) in [6.45, 7) is 4.99. The van der Waals surface area contributed by atoms with Gasteiger partial charge in [-0.05, 0) is 50.4 Å². The topological polar surface area (TPSA) is 40.7 Å². The molecular weight excluding hydrogens is 329 g/mol. The van der Waals surface area contributed by atoms with E-state index >= 15 is 0 Å². The summed E-state index contributed by atoms with van der Waals surface area (Å²) < 4.78 is 0. The van der Waals surface area contributed by atoms with Gasteiger partial charge < -0.3 is 5.32 Å². The van der Waals surface area contributed by atoms with Gasteiger partial charge in [-0.15, -0.1) is 0 Å². The molecule has 0 amide bonds. The predicted octanol–water partition coefficient (Wildman–Crippen LogP) is 4.96. The van der Waals surface area contributed by atoms with Crippen molar-refractivity contribution in [1.82, 2.24) is 15.5 Å². The molecule has 2 aromatic rings. The summed E-state index contributed by atoms with van der Waals surface area (Å²) in [5.41, 5.74) is 3.36. The fourth-order valence-electron chi connectivity index (χ4n) is 2.21. The van der Waals surface area contributed by atoms with Crippen molar-refractivity contribution in [2.45, 2.75) is 32.7 Å². The number of benzene rings is 1. The monoisotopic (exact) mass is 345 g/mol. The molecule has 1 atom stereocenters. The maximum Gasteiger partial charge on any atom is 0.0781 e. The Morgan fingerprint density at radius 2 is 2.00 bits per heavy atom. The molecule has 1 aromatic heterocycles. The molecule has 6 heteroatoms. The first kappa shape index (κ1) is 16.6. The number of aryl methyl sites for hydroxylation is 2. The number of nitrogens with zero attached hydrogens (tertiary/aromatic N) is 1. The van der Waals surface area contributed by atoms with Crippen molar-refractivity contribution in [2.24, 2.45) is 0 Å². The number of H-pyrrole nitrogens is 1. The third-order valence-corrected chi connectivity index (χ3v) is 4.85. The van der Waals surface area contributed by atoms with Gasteiger partial charge >= 0.3 is 0 Å². The van der Waals surface area contributed by atoms with E-state index in [4.69, 9.17) is 34.8 Å². The fourth-order valence-corrected chi connectivity index (χ4v) is 2.92. The van der Waals surface area contributed by atoms with E-state index in [1.807, 2.05) is 19.2 Å². The van der Waals surface area contributed by atoms with Gasteiger partial charge in [0.15, 0.2) is 0 Å². The molecule has 2 rings (SSSR count). The molecule has 21 heavy (non-hydrogen) atoms. The second-order valence-corrected chi connectivity index (χ2v) is 6.23. The van der Waals surface area contributed by atoms with Crippen LogP contribution in [0.3, 0.4) is 0 Å². The van der Waals surface area contributed by atoms with Crippen LogP contribution in [0.15, 0.2) is 18.3 Å². The molecule has 1 unspecified atom stereocenters. The molecule has 0 spiro atoms. The highest BCUT2D eigenvalue weighted by atomic mass is 35.5. The van der Waals surface area contributed by atoms with Crippen molar-refractivity contribution in [3.05, 3.63) is 50.2 Å². The van der Waals surface area contributed by atoms with E-state index in [1.165, 1.54) is 5.56 Å². The lowest BCUT2D eigenvalue weighted by Crippen LogP contribution is -2.20. The average Bonchev–Trinajstić information content (AvgIpc) is 2.86. The second kappa shape index (κ2) is 7.50. The van der Waals surface area contributed by atoms with Crippen molar-refractivity contribution in [1.29, 1.82) is 0 Å². The average molecular weight is 347 g/mol. The lowest BCUT2D eigenvalue weighted by atomic mass is 10.1. The molecule has 1 aromatic carbocycles. The summed E-state index contributed by atoms with van der Waals surface area (Å²) in [6, 6.07) is 3.81. The number of halogens is 3. The Hall–Kier alpha value is -0.740. The van der Waals surface area contributed by atoms with E-state index < -0.39 is 0 Å². The van der Waals surface area contributed by atoms with Crippen LogP contribution in [0.25, 0.3) is 0 Å². The highest BCUT2D eigenvalue weighted by molar-refractivity contribution is 6.48. The van der Waals surface area contributed by atoms with Crippen molar-refractivity contribution >= 4 is 34.8 Å². The number of aromatic nitrogens is 2. The van der Waals surface area contributed by atoms with Gasteiger partial charge in [-0.1, -0.05) is 40.9 Å². The van der Waals surface area contributed by atoms with E-state index in [9.17, 15) is 0 Å². The summed E-state index contributed by atoms with van der Waals surface area (Å²) in [6.07, 6.45) is 3.91. The van der Waals surface area contributed by atoms with Gasteiger partial charge in [0.2, 0.25) is 0 Å². The summed E-state index contributed by atoms with van der Waals surface area (Å²) in [5.74, 6) is 0. The normalized spacial score (nSPS) is 12.6. The summed E-state index contributed by atoms with van der Waals surface area (Å²) in [7, 11) is 0. The molecule has 0 fully saturated rings. The maximum atomic E-state index is 6.24. The molecule has 0 aliphatic carbocycles. The minimum Gasteiger partial charge on any atom is -0.310 e. The van der Waals surface area contributed by atoms with Crippen LogP contribution in [0.4, 0.5) is 0 Å². The van der Waals surface area contributed by atoms with Crippen molar-refractivity contribution in [3.63, 3.8) is 0 Å². The minimum absolute atomic E-state index is 0.123. The first-order valence-electron chi connectivity index (χ1n) is 6.86. The number of rotatable bonds is 6. The van der Waals surface area contributed by atoms with Crippen molar-refractivity contribution in [2.75, 3.05) is 6.54 Å². The lowest BCUT2D eigenvalue weighted by molar-refractivity contribution is 0.558. The first-order valence-corrected chi connectivity index (χ1v) is 7.99. The SMILES string of the molecule is Cc1[nH]ncc1CCCNC(C)c1ccc(Cl)c(Cl)c1Cl. The van der Waals surface area contributed by atoms with E-state index in [0.717, 1.165) is 30.6 Å². The van der Waals surface area contributed by atoms with Gasteiger partial charge in [0.1, 0.15) is 0 Å². The molecule has 0 radical (unpaired) electrons. The quantitative estimate of drug-likeness (QED) is 0.573. The van der Waals surface area contributed by atoms with E-state index in [-0.39, 0.29) is 6.04 Å². The zero-order valence-electron chi connectivity index (χ0n) is 12.0. The summed E-state index contributed by atoms with van der Waals surface area (Å²) in [5, 5.41) is 11.8. The zero-order chi connectivity index (χ0) is 15.4. The van der Waals surface area contributed by atoms with Crippen LogP contribution in [0.1, 0.15) is 36.2 Å². The number of nitrogens with one attached hydrogen (secondary N) is 2. The van der Waals surface area contributed by atoms with E-state index in [0.29, 0.717) is 15.1 Å². The van der Waals surface area contributed by atoms with Gasteiger partial charge in [-0.25, -0.2) is 0 Å². The second-order valence-electron chi connectivity index (χ2n) is 5.06. The smallest absolute Gasteiger partial charge is 0.0781 e. The molecule has 0 aliphatic rings. The molecule has 114 valence electrons. The highest BCUT2D eigenvalue weighted by Gasteiger charge is 2.13. The van der Waals surface area contributed by atoms with Crippen LogP contribution in [0.2, 0.25) is 15.1 Å². The summed E-state index contributed by atoms with van der Waals surface area (Å²) >= 11 is 18.3. The number of hydrogen-bond acceptors (Lipinski definition) is 2. The van der Waals surface area contributed by atoms with Crippen molar-refractivity contribution < 1.29 is 0 Å². The zero-order valence-corrected chi connectivity index (χ0v) is 14.3. The maximum absolute atomic E-state index is 6.24. The van der Waals surface area contributed by atoms with Gasteiger partial charge in [0.05, 0.1) is 21.3 Å². The minimum atomic E-state index is 0.123. The third-order valence-electron chi connectivity index (χ3n) is 3.54. The van der Waals surface area contributed by atoms with Gasteiger partial charge in [-0.2, -0.15) is 5.10 Å². The Morgan fingerprint density at radius 3 is 2.67 bits per heavy atom. The Bertz CT molecular complexity index is 610. The number of hydrogen-bond donors (Lipinski definition) is 2. The van der Waals surface area contributed by atoms with Crippen LogP contribution < -0.4 is 5.32 Å². The van der Waals surface area contributed by atoms with E-state index in [1.54, 1.807) is 6.07 Å². The summed E-state index contributed by atoms with van der Waals surface area (Å²) in [4.78, 5) is 0. The molecular formula is C15H18Cl3N3. The number of aromatic amines is 1. The predicted molar refractivity (Wildman–Crippen MR) is 89.5 cm³/mol. The molecule has 0 saturated carbocycles. The van der Waals surface area contributed by atoms with Crippen LogP contribution in [-0.2, 0) is 6.42 Å². The fraction of sp³-hybridized carbons (Fsp3) is 0.400. The first-order chi connectivity index (χ1) is 10.0. The molecule has 3 nitrogen and oxygen atoms in total. The molecule has 0 aliphatic heterocycles. The van der Waals surface area contributed by atoms with Crippen LogP contribution in [0, 0.1) is 6.92 Å². The van der Waals surface area contributed by atoms with Crippen LogP contribution in [-0.4, -0.2) is 16.7 Å². The van der Waals surface area contributed by atoms with Crippen molar-refractivity contribution in [3.8, 4) is 0 Å². The Labute approximate surface area is 140 Å². The molecule has 1 heterocycles. The third kappa shape index (κ3) is 4.13. The molecule has 2 N–H and O–H groups in total. The molecule has 0 saturated heterocycles. The van der Waals surface area contributed by atoms with Crippen LogP contribution >= 0.6 is 34.8 Å². The van der Waals surface area contributed by atoms with Gasteiger partial charge in [0, 0.05) is 11.7 Å². The van der Waals surface area contributed by atoms with E-state index in [2.05, 4.69) is 22.4 Å². The van der Waals surface area contributed by atoms with Gasteiger partial charge in [-0.3, -0.25) is 5.10 Å². The lowest BCUT2D eigenvalue weighted by Gasteiger charge is -2.16. The van der Waals surface area contributed by atoms with Gasteiger partial charge in [0.25, 0.3) is 0 Å². The Morgan fingerprint density at radius 1 is 1.24 bits per heavy atom. The largest absolute Gasteiger partial charge is 0.310 e.